The standard InChI is InChI=1S/C5H3ClN2O2S/c6-3(9)2-1-7-5(11)8-4(2)10/h1H,(H2,7,8,10,11). The van der Waals surface area contributed by atoms with Crippen molar-refractivity contribution in [3.63, 3.8) is 0 Å². The zero-order valence-corrected chi connectivity index (χ0v) is 6.75. The van der Waals surface area contributed by atoms with E-state index in [1.54, 1.807) is 0 Å². The van der Waals surface area contributed by atoms with Crippen LogP contribution >= 0.6 is 23.8 Å². The molecular weight excluding hydrogens is 188 g/mol. The molecule has 0 saturated carbocycles. The molecule has 2 N–H and O–H groups in total. The van der Waals surface area contributed by atoms with Crippen molar-refractivity contribution in [3.8, 4) is 0 Å². The van der Waals surface area contributed by atoms with Crippen LogP contribution in [0.2, 0.25) is 0 Å². The highest BCUT2D eigenvalue weighted by molar-refractivity contribution is 7.71. The molecule has 0 radical (unpaired) electrons. The van der Waals surface area contributed by atoms with Gasteiger partial charge in [-0.25, -0.2) is 0 Å². The van der Waals surface area contributed by atoms with Crippen LogP contribution in [0.4, 0.5) is 0 Å². The quantitative estimate of drug-likeness (QED) is 0.509. The van der Waals surface area contributed by atoms with Gasteiger partial charge in [0.15, 0.2) is 4.77 Å². The number of aromatic nitrogens is 2. The second-order valence-corrected chi connectivity index (χ2v) is 2.51. The van der Waals surface area contributed by atoms with Crippen molar-refractivity contribution in [3.05, 3.63) is 26.9 Å². The molecule has 1 aromatic heterocycles. The fourth-order valence-electron chi connectivity index (χ4n) is 0.556. The van der Waals surface area contributed by atoms with Crippen molar-refractivity contribution >= 4 is 29.1 Å². The average Bonchev–Trinajstić information content (AvgIpc) is 1.85. The van der Waals surface area contributed by atoms with E-state index >= 15 is 0 Å². The molecule has 6 heteroatoms. The van der Waals surface area contributed by atoms with Gasteiger partial charge in [-0.3, -0.25) is 14.6 Å². The molecule has 0 aliphatic heterocycles. The van der Waals surface area contributed by atoms with E-state index in [-0.39, 0.29) is 10.3 Å². The van der Waals surface area contributed by atoms with Crippen LogP contribution in [0.15, 0.2) is 11.0 Å². The maximum absolute atomic E-state index is 10.8. The third kappa shape index (κ3) is 1.75. The molecule has 0 aromatic carbocycles. The minimum Gasteiger partial charge on any atom is -0.338 e. The highest BCUT2D eigenvalue weighted by Gasteiger charge is 2.05. The maximum atomic E-state index is 10.8. The fraction of sp³-hybridized carbons (Fsp3) is 0. The van der Waals surface area contributed by atoms with Crippen molar-refractivity contribution < 1.29 is 4.79 Å². The number of carbonyl (C=O) groups is 1. The Morgan fingerprint density at radius 2 is 2.27 bits per heavy atom. The summed E-state index contributed by atoms with van der Waals surface area (Å²) in [4.78, 5) is 26.0. The van der Waals surface area contributed by atoms with Crippen LogP contribution in [0.5, 0.6) is 0 Å². The Hall–Kier alpha value is -0.940. The maximum Gasteiger partial charge on any atom is 0.263 e. The van der Waals surface area contributed by atoms with Gasteiger partial charge in [-0.2, -0.15) is 0 Å². The van der Waals surface area contributed by atoms with Gasteiger partial charge in [0, 0.05) is 6.20 Å². The van der Waals surface area contributed by atoms with Crippen molar-refractivity contribution in [1.82, 2.24) is 9.97 Å². The first-order chi connectivity index (χ1) is 5.11. The van der Waals surface area contributed by atoms with Gasteiger partial charge < -0.3 is 4.98 Å². The van der Waals surface area contributed by atoms with Crippen molar-refractivity contribution in [2.45, 2.75) is 0 Å². The molecule has 58 valence electrons. The molecule has 0 amide bonds. The smallest absolute Gasteiger partial charge is 0.263 e. The van der Waals surface area contributed by atoms with E-state index in [9.17, 15) is 9.59 Å². The lowest BCUT2D eigenvalue weighted by Gasteiger charge is -1.89. The molecule has 0 aliphatic carbocycles. The van der Waals surface area contributed by atoms with Gasteiger partial charge in [0.2, 0.25) is 0 Å². The minimum absolute atomic E-state index is 0.139. The molecule has 0 bridgehead atoms. The van der Waals surface area contributed by atoms with Crippen LogP contribution < -0.4 is 5.56 Å². The minimum atomic E-state index is -0.808. The number of H-pyrrole nitrogens is 2. The molecular formula is C5H3ClN2O2S. The lowest BCUT2D eigenvalue weighted by Crippen LogP contribution is -2.15. The summed E-state index contributed by atoms with van der Waals surface area (Å²) in [5.41, 5.74) is -0.714. The van der Waals surface area contributed by atoms with Gasteiger partial charge in [-0.05, 0) is 23.8 Å². The zero-order valence-electron chi connectivity index (χ0n) is 5.18. The average molecular weight is 191 g/mol. The Kier molecular flexibility index (Phi) is 2.21. The van der Waals surface area contributed by atoms with Gasteiger partial charge in [0.05, 0.1) is 0 Å². The van der Waals surface area contributed by atoms with Crippen LogP contribution in [0, 0.1) is 4.77 Å². The molecule has 0 unspecified atom stereocenters. The van der Waals surface area contributed by atoms with Gasteiger partial charge in [0.1, 0.15) is 5.56 Å². The largest absolute Gasteiger partial charge is 0.338 e. The van der Waals surface area contributed by atoms with Crippen LogP contribution in [0.1, 0.15) is 10.4 Å². The first-order valence-electron chi connectivity index (χ1n) is 2.63. The molecule has 4 nitrogen and oxygen atoms in total. The number of carbonyl (C=O) groups excluding carboxylic acids is 1. The number of nitrogens with one attached hydrogen (secondary N) is 2. The topological polar surface area (TPSA) is 65.7 Å². The second-order valence-electron chi connectivity index (χ2n) is 1.76. The fourth-order valence-corrected chi connectivity index (χ4v) is 0.848. The van der Waals surface area contributed by atoms with Gasteiger partial charge in [-0.1, -0.05) is 0 Å². The zero-order chi connectivity index (χ0) is 8.43. The number of hydrogen-bond acceptors (Lipinski definition) is 3. The molecule has 0 atom stereocenters. The van der Waals surface area contributed by atoms with Gasteiger partial charge in [0.25, 0.3) is 10.8 Å². The van der Waals surface area contributed by atoms with Crippen LogP contribution in [0.3, 0.4) is 0 Å². The first-order valence-corrected chi connectivity index (χ1v) is 3.41. The van der Waals surface area contributed by atoms with Crippen molar-refractivity contribution in [2.75, 3.05) is 0 Å². The summed E-state index contributed by atoms with van der Waals surface area (Å²) in [5, 5.41) is -0.808. The highest BCUT2D eigenvalue weighted by atomic mass is 35.5. The van der Waals surface area contributed by atoms with E-state index in [0.717, 1.165) is 0 Å². The first kappa shape index (κ1) is 8.16. The van der Waals surface area contributed by atoms with E-state index < -0.39 is 10.8 Å². The monoisotopic (exact) mass is 190 g/mol. The van der Waals surface area contributed by atoms with Crippen LogP contribution in [-0.2, 0) is 0 Å². The van der Waals surface area contributed by atoms with Crippen molar-refractivity contribution in [2.24, 2.45) is 0 Å². The summed E-state index contributed by atoms with van der Waals surface area (Å²) < 4.78 is 0.164. The van der Waals surface area contributed by atoms with Gasteiger partial charge in [-0.15, -0.1) is 0 Å². The number of aromatic amines is 2. The van der Waals surface area contributed by atoms with Crippen LogP contribution in [0.25, 0.3) is 0 Å². The third-order valence-electron chi connectivity index (χ3n) is 1.03. The third-order valence-corrected chi connectivity index (χ3v) is 1.45. The Balaban J connectivity index is 3.43. The molecule has 0 spiro atoms. The van der Waals surface area contributed by atoms with E-state index in [4.69, 9.17) is 11.6 Å². The molecule has 0 fully saturated rings. The SMILES string of the molecule is O=C(Cl)c1c[nH]c(=S)[nH]c1=O. The molecule has 0 aliphatic rings. The Labute approximate surface area is 71.2 Å². The van der Waals surface area contributed by atoms with Crippen molar-refractivity contribution in [1.29, 1.82) is 0 Å². The molecule has 1 rings (SSSR count). The summed E-state index contributed by atoms with van der Waals surface area (Å²) in [6.45, 7) is 0. The van der Waals surface area contributed by atoms with Gasteiger partial charge >= 0.3 is 0 Å². The Bertz CT molecular complexity index is 394. The number of hydrogen-bond donors (Lipinski definition) is 2. The summed E-state index contributed by atoms with van der Waals surface area (Å²) in [6, 6.07) is 0. The number of halogens is 1. The summed E-state index contributed by atoms with van der Waals surface area (Å²) >= 11 is 9.63. The van der Waals surface area contributed by atoms with E-state index in [1.165, 1.54) is 6.20 Å². The van der Waals surface area contributed by atoms with E-state index in [0.29, 0.717) is 0 Å². The predicted octanol–water partition coefficient (Wildman–Crippen LogP) is 0.811. The Morgan fingerprint density at radius 3 is 2.73 bits per heavy atom. The molecule has 1 heterocycles. The second kappa shape index (κ2) is 2.98. The summed E-state index contributed by atoms with van der Waals surface area (Å²) in [6.07, 6.45) is 1.18. The normalized spacial score (nSPS) is 9.55. The van der Waals surface area contributed by atoms with E-state index in [2.05, 4.69) is 22.2 Å². The molecule has 11 heavy (non-hydrogen) atoms. The summed E-state index contributed by atoms with van der Waals surface area (Å²) in [7, 11) is 0. The lowest BCUT2D eigenvalue weighted by atomic mass is 10.4. The predicted molar refractivity (Wildman–Crippen MR) is 42.4 cm³/mol. The number of rotatable bonds is 1. The lowest BCUT2D eigenvalue weighted by molar-refractivity contribution is 0.107. The highest BCUT2D eigenvalue weighted by Crippen LogP contribution is 1.92. The molecule has 1 aromatic rings. The molecule has 0 saturated heterocycles. The van der Waals surface area contributed by atoms with Crippen LogP contribution in [-0.4, -0.2) is 15.2 Å². The van der Waals surface area contributed by atoms with E-state index in [1.807, 2.05) is 0 Å². The Morgan fingerprint density at radius 1 is 1.64 bits per heavy atom. The summed E-state index contributed by atoms with van der Waals surface area (Å²) in [5.74, 6) is 0.